The maximum Gasteiger partial charge on any atom is 0.313 e. The minimum atomic E-state index is -1.00. The Kier molecular flexibility index (Phi) is 3.85. The molecule has 0 unspecified atom stereocenters. The number of hydrogen-bond acceptors (Lipinski definition) is 5. The van der Waals surface area contributed by atoms with Gasteiger partial charge in [-0.3, -0.25) is 14.9 Å². The van der Waals surface area contributed by atoms with Crippen molar-refractivity contribution in [2.75, 3.05) is 5.75 Å². The largest absolute Gasteiger partial charge is 0.481 e. The fraction of sp³-hybridized carbons (Fsp3) is 0.111. The number of rotatable bonds is 4. The number of nitro groups is 1. The van der Waals surface area contributed by atoms with E-state index in [-0.39, 0.29) is 17.0 Å². The van der Waals surface area contributed by atoms with E-state index in [1.165, 1.54) is 18.2 Å². The number of nitrogens with zero attached hydrogens (tertiary/aromatic N) is 2. The molecule has 0 aliphatic rings. The van der Waals surface area contributed by atoms with Crippen LogP contribution in [0.3, 0.4) is 0 Å². The number of carbonyl (C=O) groups is 1. The third kappa shape index (κ3) is 2.96. The second kappa shape index (κ2) is 5.14. The van der Waals surface area contributed by atoms with Crippen LogP contribution in [0.2, 0.25) is 0 Å². The Morgan fingerprint density at radius 2 is 2.31 bits per heavy atom. The first-order valence-electron chi connectivity index (χ1n) is 4.07. The van der Waals surface area contributed by atoms with Crippen LogP contribution in [0.25, 0.3) is 0 Å². The summed E-state index contributed by atoms with van der Waals surface area (Å²) in [7, 11) is 0. The molecule has 82 valence electrons. The van der Waals surface area contributed by atoms with E-state index in [9.17, 15) is 14.9 Å². The topological polar surface area (TPSA) is 104 Å². The number of carboxylic acids is 1. The molecule has 0 saturated carbocycles. The van der Waals surface area contributed by atoms with E-state index in [2.05, 4.69) is 0 Å². The molecule has 1 N–H and O–H groups in total. The van der Waals surface area contributed by atoms with Crippen LogP contribution in [0, 0.1) is 21.4 Å². The number of aliphatic carboxylic acids is 1. The van der Waals surface area contributed by atoms with Crippen LogP contribution in [0.4, 0.5) is 5.69 Å². The number of thioether (sulfide) groups is 1. The number of benzene rings is 1. The van der Waals surface area contributed by atoms with Gasteiger partial charge in [-0.1, -0.05) is 0 Å². The summed E-state index contributed by atoms with van der Waals surface area (Å²) < 4.78 is 0. The van der Waals surface area contributed by atoms with Crippen molar-refractivity contribution in [3.05, 3.63) is 33.9 Å². The molecule has 16 heavy (non-hydrogen) atoms. The Bertz CT molecular complexity index is 481. The first-order chi connectivity index (χ1) is 7.54. The lowest BCUT2D eigenvalue weighted by atomic mass is 10.2. The lowest BCUT2D eigenvalue weighted by molar-refractivity contribution is -0.385. The first kappa shape index (κ1) is 12.0. The van der Waals surface area contributed by atoms with Crippen LogP contribution >= 0.6 is 11.8 Å². The molecule has 0 aromatic heterocycles. The third-order valence-corrected chi connectivity index (χ3v) is 2.63. The molecule has 0 atom stereocenters. The third-order valence-electron chi connectivity index (χ3n) is 1.65. The van der Waals surface area contributed by atoms with Crippen LogP contribution in [0.5, 0.6) is 0 Å². The average molecular weight is 238 g/mol. The van der Waals surface area contributed by atoms with Gasteiger partial charge in [-0.15, -0.1) is 11.8 Å². The summed E-state index contributed by atoms with van der Waals surface area (Å²) in [6.07, 6.45) is 0. The molecule has 0 bridgehead atoms. The molecular weight excluding hydrogens is 232 g/mol. The van der Waals surface area contributed by atoms with Gasteiger partial charge in [-0.25, -0.2) is 0 Å². The Balaban J connectivity index is 2.99. The highest BCUT2D eigenvalue weighted by Gasteiger charge is 2.14. The van der Waals surface area contributed by atoms with Gasteiger partial charge >= 0.3 is 5.97 Å². The van der Waals surface area contributed by atoms with E-state index < -0.39 is 10.9 Å². The van der Waals surface area contributed by atoms with E-state index in [4.69, 9.17) is 10.4 Å². The van der Waals surface area contributed by atoms with Crippen molar-refractivity contribution in [2.24, 2.45) is 0 Å². The summed E-state index contributed by atoms with van der Waals surface area (Å²) >= 11 is 0.966. The summed E-state index contributed by atoms with van der Waals surface area (Å²) in [6, 6.07) is 5.70. The first-order valence-corrected chi connectivity index (χ1v) is 5.06. The maximum atomic E-state index is 10.6. The van der Waals surface area contributed by atoms with Gasteiger partial charge in [0.1, 0.15) is 11.6 Å². The van der Waals surface area contributed by atoms with E-state index in [1.807, 2.05) is 0 Å². The van der Waals surface area contributed by atoms with Crippen LogP contribution in [-0.2, 0) is 4.79 Å². The van der Waals surface area contributed by atoms with Gasteiger partial charge in [0.15, 0.2) is 0 Å². The zero-order chi connectivity index (χ0) is 12.1. The molecule has 0 amide bonds. The van der Waals surface area contributed by atoms with Crippen molar-refractivity contribution in [3.8, 4) is 6.07 Å². The standard InChI is InChI=1S/C9H6N2O4S/c10-4-6-1-2-7(16-5-9(12)13)3-8(6)11(14)15/h1-3H,5H2,(H,12,13). The van der Waals surface area contributed by atoms with Gasteiger partial charge in [0.05, 0.1) is 10.7 Å². The Hall–Kier alpha value is -2.07. The highest BCUT2D eigenvalue weighted by Crippen LogP contribution is 2.25. The lowest BCUT2D eigenvalue weighted by Gasteiger charge is -1.99. The Labute approximate surface area is 94.7 Å². The monoisotopic (exact) mass is 238 g/mol. The predicted molar refractivity (Wildman–Crippen MR) is 56.2 cm³/mol. The van der Waals surface area contributed by atoms with Crippen LogP contribution in [-0.4, -0.2) is 21.8 Å². The summed E-state index contributed by atoms with van der Waals surface area (Å²) in [6.45, 7) is 0. The zero-order valence-electron chi connectivity index (χ0n) is 7.91. The molecule has 0 fully saturated rings. The highest BCUT2D eigenvalue weighted by atomic mass is 32.2. The fourth-order valence-corrected chi connectivity index (χ4v) is 1.64. The summed E-state index contributed by atoms with van der Waals surface area (Å²) in [5.74, 6) is -1.18. The van der Waals surface area contributed by atoms with Gasteiger partial charge in [0, 0.05) is 11.0 Å². The van der Waals surface area contributed by atoms with Crippen molar-refractivity contribution >= 4 is 23.4 Å². The smallest absolute Gasteiger partial charge is 0.313 e. The van der Waals surface area contributed by atoms with E-state index in [0.29, 0.717) is 4.90 Å². The normalized spacial score (nSPS) is 9.44. The van der Waals surface area contributed by atoms with Crippen LogP contribution in [0.15, 0.2) is 23.1 Å². The van der Waals surface area contributed by atoms with Gasteiger partial charge < -0.3 is 5.11 Å². The van der Waals surface area contributed by atoms with Crippen molar-refractivity contribution in [2.45, 2.75) is 4.90 Å². The molecule has 0 spiro atoms. The molecule has 0 heterocycles. The quantitative estimate of drug-likeness (QED) is 0.485. The molecule has 1 aromatic rings. The van der Waals surface area contributed by atoms with Gasteiger partial charge in [-0.05, 0) is 12.1 Å². The number of carboxylic acid groups (broad SMARTS) is 1. The highest BCUT2D eigenvalue weighted by molar-refractivity contribution is 8.00. The van der Waals surface area contributed by atoms with Crippen molar-refractivity contribution in [1.82, 2.24) is 0 Å². The summed E-state index contributed by atoms with van der Waals surface area (Å²) in [5.41, 5.74) is -0.345. The molecule has 0 radical (unpaired) electrons. The van der Waals surface area contributed by atoms with Gasteiger partial charge in [-0.2, -0.15) is 5.26 Å². The lowest BCUT2D eigenvalue weighted by Crippen LogP contribution is -1.98. The van der Waals surface area contributed by atoms with E-state index >= 15 is 0 Å². The number of nitriles is 1. The molecule has 1 aromatic carbocycles. The molecule has 0 aliphatic heterocycles. The maximum absolute atomic E-state index is 10.6. The summed E-state index contributed by atoms with van der Waals surface area (Å²) in [5, 5.41) is 27.7. The zero-order valence-corrected chi connectivity index (χ0v) is 8.73. The molecule has 0 aliphatic carbocycles. The second-order valence-electron chi connectivity index (χ2n) is 2.73. The van der Waals surface area contributed by atoms with Crippen molar-refractivity contribution in [3.63, 3.8) is 0 Å². The molecule has 1 rings (SSSR count). The molecule has 0 saturated heterocycles. The van der Waals surface area contributed by atoms with Gasteiger partial charge in [0.2, 0.25) is 0 Å². The molecular formula is C9H6N2O4S. The number of hydrogen-bond donors (Lipinski definition) is 1. The second-order valence-corrected chi connectivity index (χ2v) is 3.78. The average Bonchev–Trinajstić information content (AvgIpc) is 2.25. The van der Waals surface area contributed by atoms with Gasteiger partial charge in [0.25, 0.3) is 5.69 Å². The molecule has 7 heteroatoms. The van der Waals surface area contributed by atoms with Crippen LogP contribution in [0.1, 0.15) is 5.56 Å². The van der Waals surface area contributed by atoms with E-state index in [0.717, 1.165) is 11.8 Å². The molecule has 6 nitrogen and oxygen atoms in total. The SMILES string of the molecule is N#Cc1ccc(SCC(=O)O)cc1[N+](=O)[O-]. The Morgan fingerprint density at radius 3 is 2.81 bits per heavy atom. The minimum absolute atomic E-state index is 0.0373. The van der Waals surface area contributed by atoms with E-state index in [1.54, 1.807) is 6.07 Å². The Morgan fingerprint density at radius 1 is 1.62 bits per heavy atom. The van der Waals surface area contributed by atoms with Crippen molar-refractivity contribution in [1.29, 1.82) is 5.26 Å². The summed E-state index contributed by atoms with van der Waals surface area (Å²) in [4.78, 5) is 20.7. The minimum Gasteiger partial charge on any atom is -0.481 e. The predicted octanol–water partition coefficient (Wildman–Crippen LogP) is 1.64. The van der Waals surface area contributed by atoms with Crippen LogP contribution < -0.4 is 0 Å². The van der Waals surface area contributed by atoms with Crippen molar-refractivity contribution < 1.29 is 14.8 Å². The fourth-order valence-electron chi connectivity index (χ4n) is 0.992. The number of nitro benzene ring substituents is 1.